The summed E-state index contributed by atoms with van der Waals surface area (Å²) < 4.78 is 36.7. The molecular formula is C22H27N5O4S. The Morgan fingerprint density at radius 2 is 1.78 bits per heavy atom. The summed E-state index contributed by atoms with van der Waals surface area (Å²) >= 11 is 0. The van der Waals surface area contributed by atoms with Crippen molar-refractivity contribution < 1.29 is 17.3 Å². The van der Waals surface area contributed by atoms with Crippen LogP contribution in [-0.4, -0.2) is 35.2 Å². The summed E-state index contributed by atoms with van der Waals surface area (Å²) in [5, 5.41) is -0.730. The van der Waals surface area contributed by atoms with Crippen molar-refractivity contribution in [3.63, 3.8) is 0 Å². The molecule has 0 unspecified atom stereocenters. The number of nitrogen functional groups attached to an aromatic ring is 2. The second-order valence-electron chi connectivity index (χ2n) is 7.53. The summed E-state index contributed by atoms with van der Waals surface area (Å²) in [6, 6.07) is 7.17. The number of ether oxygens (including phenoxy) is 1. The van der Waals surface area contributed by atoms with E-state index in [4.69, 9.17) is 20.4 Å². The number of rotatable bonds is 8. The second-order valence-corrected chi connectivity index (χ2v) is 9.62. The Labute approximate surface area is 188 Å². The summed E-state index contributed by atoms with van der Waals surface area (Å²) in [7, 11) is -3.87. The summed E-state index contributed by atoms with van der Waals surface area (Å²) in [5.74, 6) is 0.954. The van der Waals surface area contributed by atoms with E-state index in [-0.39, 0.29) is 17.5 Å². The Morgan fingerprint density at radius 3 is 2.38 bits per heavy atom. The van der Waals surface area contributed by atoms with Crippen LogP contribution in [0, 0.1) is 6.92 Å². The van der Waals surface area contributed by atoms with Crippen molar-refractivity contribution in [3.05, 3.63) is 53.5 Å². The fourth-order valence-corrected chi connectivity index (χ4v) is 3.57. The van der Waals surface area contributed by atoms with Crippen molar-refractivity contribution in [2.45, 2.75) is 39.4 Å². The number of aromatic nitrogens is 3. The topological polar surface area (TPSA) is 143 Å². The van der Waals surface area contributed by atoms with Gasteiger partial charge >= 0.3 is 10.1 Å². The molecule has 0 saturated carbocycles. The van der Waals surface area contributed by atoms with Gasteiger partial charge in [0.05, 0.1) is 17.4 Å². The van der Waals surface area contributed by atoms with E-state index < -0.39 is 15.4 Å². The summed E-state index contributed by atoms with van der Waals surface area (Å²) in [6.07, 6.45) is 3.53. The molecule has 0 spiro atoms. The van der Waals surface area contributed by atoms with Gasteiger partial charge in [-0.15, -0.1) is 0 Å². The predicted molar refractivity (Wildman–Crippen MR) is 124 cm³/mol. The zero-order valence-electron chi connectivity index (χ0n) is 18.5. The number of hydrogen-bond acceptors (Lipinski definition) is 9. The van der Waals surface area contributed by atoms with E-state index in [1.807, 2.05) is 32.0 Å². The highest BCUT2D eigenvalue weighted by Crippen LogP contribution is 2.41. The van der Waals surface area contributed by atoms with Gasteiger partial charge in [0, 0.05) is 35.6 Å². The normalized spacial score (nSPS) is 11.5. The van der Waals surface area contributed by atoms with Crippen LogP contribution in [0.5, 0.6) is 11.5 Å². The average molecular weight is 458 g/mol. The molecule has 0 fully saturated rings. The van der Waals surface area contributed by atoms with Crippen molar-refractivity contribution >= 4 is 21.9 Å². The van der Waals surface area contributed by atoms with Gasteiger partial charge in [0.1, 0.15) is 11.6 Å². The standard InChI is InChI=1S/C22H27N5O4S/c1-5-30-18-9-15(8-17-12-26-22(24)27-21(17)23)10-19(31-32(28,29)13(2)3)20(18)16-7-6-14(4)25-11-16/h6-7,9-13H,5,8H2,1-4H3,(H4,23,24,26,27). The van der Waals surface area contributed by atoms with Gasteiger partial charge in [-0.3, -0.25) is 4.98 Å². The fraction of sp³-hybridized carbons (Fsp3) is 0.318. The van der Waals surface area contributed by atoms with E-state index in [1.165, 1.54) is 0 Å². The van der Waals surface area contributed by atoms with Gasteiger partial charge in [-0.25, -0.2) is 4.98 Å². The smallest absolute Gasteiger partial charge is 0.311 e. The molecular weight excluding hydrogens is 430 g/mol. The number of hydrogen-bond donors (Lipinski definition) is 2. The molecule has 3 rings (SSSR count). The van der Waals surface area contributed by atoms with Crippen molar-refractivity contribution in [1.82, 2.24) is 15.0 Å². The van der Waals surface area contributed by atoms with Crippen LogP contribution in [0.1, 0.15) is 37.6 Å². The lowest BCUT2D eigenvalue weighted by molar-refractivity contribution is 0.340. The first-order valence-corrected chi connectivity index (χ1v) is 11.6. The number of benzene rings is 1. The van der Waals surface area contributed by atoms with Crippen LogP contribution < -0.4 is 20.4 Å². The first-order valence-electron chi connectivity index (χ1n) is 10.1. The highest BCUT2D eigenvalue weighted by atomic mass is 32.2. The number of pyridine rings is 1. The van der Waals surface area contributed by atoms with Crippen molar-refractivity contribution in [1.29, 1.82) is 0 Å². The Bertz CT molecular complexity index is 1210. The minimum atomic E-state index is -3.87. The maximum absolute atomic E-state index is 12.6. The van der Waals surface area contributed by atoms with Gasteiger partial charge < -0.3 is 20.4 Å². The van der Waals surface area contributed by atoms with Crippen molar-refractivity contribution in [3.8, 4) is 22.6 Å². The largest absolute Gasteiger partial charge is 0.493 e. The molecule has 9 nitrogen and oxygen atoms in total. The van der Waals surface area contributed by atoms with Crippen molar-refractivity contribution in [2.75, 3.05) is 18.1 Å². The predicted octanol–water partition coefficient (Wildman–Crippen LogP) is 3.12. The molecule has 0 aliphatic carbocycles. The Morgan fingerprint density at radius 1 is 1.06 bits per heavy atom. The lowest BCUT2D eigenvalue weighted by Gasteiger charge is -2.19. The van der Waals surface area contributed by atoms with Crippen molar-refractivity contribution in [2.24, 2.45) is 0 Å². The maximum atomic E-state index is 12.6. The van der Waals surface area contributed by atoms with Crippen LogP contribution in [-0.2, 0) is 16.5 Å². The Kier molecular flexibility index (Phi) is 6.83. The minimum absolute atomic E-state index is 0.0792. The molecule has 0 amide bonds. The molecule has 2 aromatic heterocycles. The zero-order valence-corrected chi connectivity index (χ0v) is 19.3. The van der Waals surface area contributed by atoms with Gasteiger partial charge in [0.25, 0.3) is 0 Å². The number of nitrogens with two attached hydrogens (primary N) is 2. The number of anilines is 2. The summed E-state index contributed by atoms with van der Waals surface area (Å²) in [5.41, 5.74) is 14.9. The zero-order chi connectivity index (χ0) is 23.5. The molecule has 4 N–H and O–H groups in total. The molecule has 0 aliphatic rings. The lowest BCUT2D eigenvalue weighted by Crippen LogP contribution is -2.20. The third-order valence-corrected chi connectivity index (χ3v) is 6.29. The molecule has 0 radical (unpaired) electrons. The van der Waals surface area contributed by atoms with Gasteiger partial charge in [0.15, 0.2) is 5.75 Å². The van der Waals surface area contributed by atoms with E-state index in [9.17, 15) is 8.42 Å². The third kappa shape index (κ3) is 5.25. The van der Waals surface area contributed by atoms with Crippen LogP contribution in [0.15, 0.2) is 36.7 Å². The Balaban J connectivity index is 2.19. The third-order valence-electron chi connectivity index (χ3n) is 4.72. The Hall–Kier alpha value is -3.40. The average Bonchev–Trinajstić information content (AvgIpc) is 2.71. The summed E-state index contributed by atoms with van der Waals surface area (Å²) in [6.45, 7) is 7.21. The van der Waals surface area contributed by atoms with Crippen LogP contribution in [0.3, 0.4) is 0 Å². The quantitative estimate of drug-likeness (QED) is 0.487. The molecule has 0 aliphatic heterocycles. The molecule has 0 saturated heterocycles. The van der Waals surface area contributed by atoms with Gasteiger partial charge in [-0.2, -0.15) is 13.4 Å². The molecule has 3 aromatic rings. The molecule has 1 aromatic carbocycles. The monoisotopic (exact) mass is 457 g/mol. The molecule has 170 valence electrons. The molecule has 2 heterocycles. The first kappa shape index (κ1) is 23.3. The first-order chi connectivity index (χ1) is 15.1. The van der Waals surface area contributed by atoms with Crippen LogP contribution >= 0.6 is 0 Å². The molecule has 32 heavy (non-hydrogen) atoms. The van der Waals surface area contributed by atoms with Crippen LogP contribution in [0.25, 0.3) is 11.1 Å². The lowest BCUT2D eigenvalue weighted by atomic mass is 9.99. The van der Waals surface area contributed by atoms with Gasteiger partial charge in [0.2, 0.25) is 5.95 Å². The fourth-order valence-electron chi connectivity index (χ4n) is 2.99. The molecule has 10 heteroatoms. The maximum Gasteiger partial charge on any atom is 0.311 e. The second kappa shape index (κ2) is 9.39. The minimum Gasteiger partial charge on any atom is -0.493 e. The molecule has 0 atom stereocenters. The van der Waals surface area contributed by atoms with Crippen LogP contribution in [0.4, 0.5) is 11.8 Å². The van der Waals surface area contributed by atoms with Gasteiger partial charge in [-0.05, 0) is 51.5 Å². The van der Waals surface area contributed by atoms with Crippen LogP contribution in [0.2, 0.25) is 0 Å². The summed E-state index contributed by atoms with van der Waals surface area (Å²) in [4.78, 5) is 12.3. The van der Waals surface area contributed by atoms with E-state index >= 15 is 0 Å². The van der Waals surface area contributed by atoms with E-state index in [2.05, 4.69) is 15.0 Å². The number of aryl methyl sites for hydroxylation is 1. The highest BCUT2D eigenvalue weighted by molar-refractivity contribution is 7.87. The van der Waals surface area contributed by atoms with E-state index in [0.717, 1.165) is 5.69 Å². The SMILES string of the molecule is CCOc1cc(Cc2cnc(N)nc2N)cc(OS(=O)(=O)C(C)C)c1-c1ccc(C)nc1. The number of nitrogens with zero attached hydrogens (tertiary/aromatic N) is 3. The van der Waals surface area contributed by atoms with E-state index in [0.29, 0.717) is 41.0 Å². The molecule has 0 bridgehead atoms. The highest BCUT2D eigenvalue weighted by Gasteiger charge is 2.24. The van der Waals surface area contributed by atoms with Gasteiger partial charge in [-0.1, -0.05) is 6.07 Å². The van der Waals surface area contributed by atoms with E-state index in [1.54, 1.807) is 32.3 Å².